The Morgan fingerprint density at radius 1 is 1.09 bits per heavy atom. The maximum absolute atomic E-state index is 14.0. The second-order valence-electron chi connectivity index (χ2n) is 6.44. The lowest BCUT2D eigenvalue weighted by molar-refractivity contribution is -0.197. The van der Waals surface area contributed by atoms with Crippen molar-refractivity contribution in [2.75, 3.05) is 19.1 Å². The number of alkyl halides is 3. The third-order valence-electron chi connectivity index (χ3n) is 4.55. The molecule has 8 nitrogen and oxygen atoms in total. The Bertz CT molecular complexity index is 1110. The Labute approximate surface area is 183 Å². The number of anilines is 1. The normalized spacial score (nSPS) is 18.4. The van der Waals surface area contributed by atoms with Gasteiger partial charge in [-0.15, -0.1) is 0 Å². The van der Waals surface area contributed by atoms with E-state index >= 15 is 0 Å². The van der Waals surface area contributed by atoms with Gasteiger partial charge in [-0.3, -0.25) is 14.9 Å². The van der Waals surface area contributed by atoms with Gasteiger partial charge in [0.1, 0.15) is 5.82 Å². The van der Waals surface area contributed by atoms with Gasteiger partial charge in [-0.2, -0.15) is 13.2 Å². The highest BCUT2D eigenvalue weighted by molar-refractivity contribution is 6.31. The zero-order valence-corrected chi connectivity index (χ0v) is 17.1. The van der Waals surface area contributed by atoms with Crippen LogP contribution in [0, 0.1) is 5.82 Å². The number of ether oxygens (including phenoxy) is 2. The van der Waals surface area contributed by atoms with Crippen LogP contribution in [0.2, 0.25) is 5.02 Å². The molecule has 0 aliphatic carbocycles. The zero-order chi connectivity index (χ0) is 23.8. The summed E-state index contributed by atoms with van der Waals surface area (Å²) in [5.41, 5.74) is -4.52. The molecule has 0 bridgehead atoms. The topological polar surface area (TPSA) is 97.0 Å². The zero-order valence-electron chi connectivity index (χ0n) is 16.3. The summed E-state index contributed by atoms with van der Waals surface area (Å²) < 4.78 is 65.4. The largest absolute Gasteiger partial charge is 0.493 e. The van der Waals surface area contributed by atoms with Gasteiger partial charge in [-0.1, -0.05) is 11.6 Å². The van der Waals surface area contributed by atoms with Gasteiger partial charge in [-0.05, 0) is 36.4 Å². The molecule has 2 N–H and O–H groups in total. The predicted octanol–water partition coefficient (Wildman–Crippen LogP) is 3.24. The van der Waals surface area contributed by atoms with Gasteiger partial charge in [0, 0.05) is 5.56 Å². The molecule has 0 saturated carbocycles. The van der Waals surface area contributed by atoms with E-state index < -0.39 is 46.2 Å². The van der Waals surface area contributed by atoms with E-state index in [1.165, 1.54) is 25.6 Å². The summed E-state index contributed by atoms with van der Waals surface area (Å²) in [6, 6.07) is 4.47. The third-order valence-corrected chi connectivity index (χ3v) is 4.84. The van der Waals surface area contributed by atoms with Crippen LogP contribution in [0.15, 0.2) is 36.4 Å². The molecule has 0 unspecified atom stereocenters. The Morgan fingerprint density at radius 3 is 2.31 bits per heavy atom. The molecule has 2 aromatic rings. The fourth-order valence-corrected chi connectivity index (χ4v) is 3.13. The minimum Gasteiger partial charge on any atom is -0.493 e. The van der Waals surface area contributed by atoms with Gasteiger partial charge in [-0.25, -0.2) is 14.1 Å². The number of halogens is 5. The molecule has 0 spiro atoms. The molecular weight excluding hydrogens is 462 g/mol. The summed E-state index contributed by atoms with van der Waals surface area (Å²) in [6.45, 7) is 0. The Morgan fingerprint density at radius 2 is 1.75 bits per heavy atom. The van der Waals surface area contributed by atoms with Crippen molar-refractivity contribution in [3.63, 3.8) is 0 Å². The van der Waals surface area contributed by atoms with Gasteiger partial charge in [0.2, 0.25) is 0 Å². The number of imide groups is 1. The number of hydrogen-bond acceptors (Lipinski definition) is 5. The van der Waals surface area contributed by atoms with Crippen LogP contribution < -0.4 is 25.0 Å². The lowest BCUT2D eigenvalue weighted by Crippen LogP contribution is -2.69. The van der Waals surface area contributed by atoms with E-state index in [2.05, 4.69) is 0 Å². The molecule has 1 aliphatic rings. The molecule has 1 heterocycles. The first-order valence-corrected chi connectivity index (χ1v) is 9.06. The monoisotopic (exact) mass is 475 g/mol. The fourth-order valence-electron chi connectivity index (χ4n) is 2.96. The van der Waals surface area contributed by atoms with Gasteiger partial charge in [0.15, 0.2) is 11.5 Å². The molecule has 1 saturated heterocycles. The van der Waals surface area contributed by atoms with E-state index in [1.54, 1.807) is 5.32 Å². The van der Waals surface area contributed by atoms with Crippen molar-refractivity contribution >= 4 is 35.1 Å². The van der Waals surface area contributed by atoms with Crippen LogP contribution in [0.3, 0.4) is 0 Å². The number of carbonyl (C=O) groups is 3. The van der Waals surface area contributed by atoms with E-state index in [0.29, 0.717) is 0 Å². The molecule has 2 aromatic carbocycles. The molecule has 3 rings (SSSR count). The van der Waals surface area contributed by atoms with E-state index in [-0.39, 0.29) is 22.0 Å². The molecule has 13 heteroatoms. The molecule has 1 fully saturated rings. The van der Waals surface area contributed by atoms with Crippen LogP contribution in [0.25, 0.3) is 0 Å². The van der Waals surface area contributed by atoms with Crippen LogP contribution in [-0.4, -0.2) is 43.9 Å². The summed E-state index contributed by atoms with van der Waals surface area (Å²) in [7, 11) is 2.57. The Hall–Kier alpha value is -3.54. The first-order valence-electron chi connectivity index (χ1n) is 8.68. The number of amides is 4. The number of methoxy groups -OCH3 is 2. The lowest BCUT2D eigenvalue weighted by Gasteiger charge is -2.30. The molecule has 32 heavy (non-hydrogen) atoms. The van der Waals surface area contributed by atoms with Crippen LogP contribution in [-0.2, 0) is 4.79 Å². The van der Waals surface area contributed by atoms with E-state index in [4.69, 9.17) is 21.1 Å². The summed E-state index contributed by atoms with van der Waals surface area (Å²) in [4.78, 5) is 37.8. The average molecular weight is 476 g/mol. The maximum Gasteiger partial charge on any atom is 0.440 e. The first-order chi connectivity index (χ1) is 14.9. The van der Waals surface area contributed by atoms with Gasteiger partial charge < -0.3 is 14.8 Å². The highest BCUT2D eigenvalue weighted by atomic mass is 35.5. The number of nitrogens with one attached hydrogen (secondary N) is 2. The average Bonchev–Trinajstić information content (AvgIpc) is 2.99. The molecule has 1 atom stereocenters. The molecule has 1 aliphatic heterocycles. The summed E-state index contributed by atoms with van der Waals surface area (Å²) >= 11 is 5.61. The van der Waals surface area contributed by atoms with Crippen molar-refractivity contribution in [1.29, 1.82) is 0 Å². The highest BCUT2D eigenvalue weighted by Crippen LogP contribution is 2.37. The van der Waals surface area contributed by atoms with Crippen LogP contribution in [0.1, 0.15) is 10.4 Å². The van der Waals surface area contributed by atoms with Crippen molar-refractivity contribution in [1.82, 2.24) is 10.6 Å². The number of urea groups is 1. The standard InChI is InChI=1S/C19H14ClF4N3O5/c1-31-13-6-3-9(7-14(13)32-2)15(28)25-18(19(22,23)24)16(29)27(17(30)26-18)10-4-5-12(21)11(20)8-10/h3-8H,1-2H3,(H,25,28)(H,26,30)/t18-/m0/s1. The maximum atomic E-state index is 14.0. The minimum atomic E-state index is -5.44. The second kappa shape index (κ2) is 8.19. The van der Waals surface area contributed by atoms with Crippen molar-refractivity contribution in [3.05, 3.63) is 52.8 Å². The summed E-state index contributed by atoms with van der Waals surface area (Å²) in [5.74, 6) is -3.85. The molecule has 4 amide bonds. The number of rotatable bonds is 5. The van der Waals surface area contributed by atoms with Crippen LogP contribution >= 0.6 is 11.6 Å². The van der Waals surface area contributed by atoms with Crippen LogP contribution in [0.4, 0.5) is 28.0 Å². The Kier molecular flexibility index (Phi) is 5.92. The van der Waals surface area contributed by atoms with Crippen molar-refractivity contribution in [2.24, 2.45) is 0 Å². The van der Waals surface area contributed by atoms with E-state index in [9.17, 15) is 31.9 Å². The lowest BCUT2D eigenvalue weighted by atomic mass is 10.1. The van der Waals surface area contributed by atoms with E-state index in [1.807, 2.05) is 0 Å². The minimum absolute atomic E-state index is 0.0468. The summed E-state index contributed by atoms with van der Waals surface area (Å²) in [6.07, 6.45) is -5.44. The third kappa shape index (κ3) is 3.77. The van der Waals surface area contributed by atoms with Crippen molar-refractivity contribution in [3.8, 4) is 11.5 Å². The van der Waals surface area contributed by atoms with E-state index in [0.717, 1.165) is 30.3 Å². The molecular formula is C19H14ClF4N3O5. The first kappa shape index (κ1) is 23.1. The SMILES string of the molecule is COc1ccc(C(=O)N[C@]2(C(F)(F)F)NC(=O)N(c3ccc(F)c(Cl)c3)C2=O)cc1OC. The predicted molar refractivity (Wildman–Crippen MR) is 103 cm³/mol. The second-order valence-corrected chi connectivity index (χ2v) is 6.85. The van der Waals surface area contributed by atoms with Crippen LogP contribution in [0.5, 0.6) is 11.5 Å². The number of hydrogen-bond donors (Lipinski definition) is 2. The van der Waals surface area contributed by atoms with Crippen molar-refractivity contribution < 1.29 is 41.4 Å². The number of nitrogens with zero attached hydrogens (tertiary/aromatic N) is 1. The quantitative estimate of drug-likeness (QED) is 0.511. The number of carbonyl (C=O) groups excluding carboxylic acids is 3. The molecule has 0 aromatic heterocycles. The number of benzene rings is 2. The smallest absolute Gasteiger partial charge is 0.440 e. The van der Waals surface area contributed by atoms with Gasteiger partial charge in [0.05, 0.1) is 24.9 Å². The van der Waals surface area contributed by atoms with Gasteiger partial charge in [0.25, 0.3) is 17.5 Å². The molecule has 170 valence electrons. The Balaban J connectivity index is 2.01. The summed E-state index contributed by atoms with van der Waals surface area (Å²) in [5, 5.41) is 2.51. The van der Waals surface area contributed by atoms with Crippen molar-refractivity contribution in [2.45, 2.75) is 11.8 Å². The fraction of sp³-hybridized carbons (Fsp3) is 0.211. The molecule has 0 radical (unpaired) electrons. The highest BCUT2D eigenvalue weighted by Gasteiger charge is 2.69. The van der Waals surface area contributed by atoms with Gasteiger partial charge >= 0.3 is 12.2 Å².